The molecule has 0 aliphatic carbocycles. The molecule has 0 aliphatic heterocycles. The summed E-state index contributed by atoms with van der Waals surface area (Å²) in [7, 11) is -1.08. The number of hydrogen-bond acceptors (Lipinski definition) is 3. The van der Waals surface area contributed by atoms with Gasteiger partial charge in [0.25, 0.3) is 0 Å². The molecule has 1 N–H and O–H groups in total. The van der Waals surface area contributed by atoms with Crippen molar-refractivity contribution in [1.29, 1.82) is 0 Å². The van der Waals surface area contributed by atoms with Crippen LogP contribution >= 0.6 is 23.2 Å². The standard InChI is InChI=1S/C12H17Cl2NO2S/c1-15-12(4-3-7-18(2,16)17)10-6-5-9(13)8-11(10)14/h5-6,8,12,15H,3-4,7H2,1-2H3. The quantitative estimate of drug-likeness (QED) is 0.878. The lowest BCUT2D eigenvalue weighted by Crippen LogP contribution is -2.18. The van der Waals surface area contributed by atoms with Crippen molar-refractivity contribution in [3.8, 4) is 0 Å². The normalized spacial score (nSPS) is 13.6. The summed E-state index contributed by atoms with van der Waals surface area (Å²) in [5, 5.41) is 4.33. The third-order valence-electron chi connectivity index (χ3n) is 2.69. The summed E-state index contributed by atoms with van der Waals surface area (Å²) in [5.74, 6) is 0.191. The Morgan fingerprint density at radius 2 is 2.00 bits per heavy atom. The lowest BCUT2D eigenvalue weighted by molar-refractivity contribution is 0.536. The molecule has 102 valence electrons. The van der Waals surface area contributed by atoms with Gasteiger partial charge in [0.2, 0.25) is 0 Å². The number of rotatable bonds is 6. The van der Waals surface area contributed by atoms with Crippen LogP contribution in [0, 0.1) is 0 Å². The van der Waals surface area contributed by atoms with Gasteiger partial charge in [0.05, 0.1) is 0 Å². The second-order valence-electron chi connectivity index (χ2n) is 4.28. The van der Waals surface area contributed by atoms with Crippen LogP contribution < -0.4 is 5.32 Å². The minimum atomic E-state index is -2.91. The van der Waals surface area contributed by atoms with Crippen LogP contribution in [0.25, 0.3) is 0 Å². The number of sulfone groups is 1. The van der Waals surface area contributed by atoms with E-state index in [-0.39, 0.29) is 11.8 Å². The highest BCUT2D eigenvalue weighted by atomic mass is 35.5. The number of benzene rings is 1. The van der Waals surface area contributed by atoms with E-state index in [4.69, 9.17) is 23.2 Å². The number of hydrogen-bond donors (Lipinski definition) is 1. The zero-order valence-corrected chi connectivity index (χ0v) is 12.7. The summed E-state index contributed by atoms with van der Waals surface area (Å²) < 4.78 is 22.2. The maximum absolute atomic E-state index is 11.1. The average molecular weight is 310 g/mol. The van der Waals surface area contributed by atoms with E-state index < -0.39 is 9.84 Å². The smallest absolute Gasteiger partial charge is 0.147 e. The molecule has 0 aliphatic rings. The monoisotopic (exact) mass is 309 g/mol. The van der Waals surface area contributed by atoms with Crippen molar-refractivity contribution in [3.63, 3.8) is 0 Å². The van der Waals surface area contributed by atoms with E-state index in [9.17, 15) is 8.42 Å². The number of nitrogens with one attached hydrogen (secondary N) is 1. The van der Waals surface area contributed by atoms with E-state index >= 15 is 0 Å². The molecular formula is C12H17Cl2NO2S. The summed E-state index contributed by atoms with van der Waals surface area (Å²) in [6.07, 6.45) is 2.56. The summed E-state index contributed by atoms with van der Waals surface area (Å²) in [5.41, 5.74) is 0.942. The Morgan fingerprint density at radius 1 is 1.33 bits per heavy atom. The first kappa shape index (κ1) is 15.8. The van der Waals surface area contributed by atoms with Crippen LogP contribution in [0.3, 0.4) is 0 Å². The number of halogens is 2. The molecule has 0 spiro atoms. The van der Waals surface area contributed by atoms with Gasteiger partial charge in [-0.15, -0.1) is 0 Å². The summed E-state index contributed by atoms with van der Waals surface area (Å²) in [4.78, 5) is 0. The molecule has 1 aromatic rings. The first-order chi connectivity index (χ1) is 8.33. The fourth-order valence-corrected chi connectivity index (χ4v) is 3.02. The zero-order chi connectivity index (χ0) is 13.8. The van der Waals surface area contributed by atoms with Crippen LogP contribution in [0.1, 0.15) is 24.4 Å². The molecular weight excluding hydrogens is 293 g/mol. The molecule has 1 atom stereocenters. The second-order valence-corrected chi connectivity index (χ2v) is 7.38. The minimum absolute atomic E-state index is 0.0384. The van der Waals surface area contributed by atoms with Crippen molar-refractivity contribution < 1.29 is 8.42 Å². The lowest BCUT2D eigenvalue weighted by atomic mass is 10.0. The van der Waals surface area contributed by atoms with E-state index in [1.54, 1.807) is 12.1 Å². The molecule has 3 nitrogen and oxygen atoms in total. The third kappa shape index (κ3) is 5.14. The molecule has 0 saturated heterocycles. The van der Waals surface area contributed by atoms with Crippen molar-refractivity contribution in [2.75, 3.05) is 19.1 Å². The van der Waals surface area contributed by atoms with Crippen molar-refractivity contribution in [2.45, 2.75) is 18.9 Å². The molecule has 0 saturated carbocycles. The molecule has 0 heterocycles. The highest BCUT2D eigenvalue weighted by molar-refractivity contribution is 7.90. The fourth-order valence-electron chi connectivity index (χ4n) is 1.79. The predicted molar refractivity (Wildman–Crippen MR) is 77.2 cm³/mol. The van der Waals surface area contributed by atoms with Gasteiger partial charge in [-0.1, -0.05) is 29.3 Å². The van der Waals surface area contributed by atoms with Crippen molar-refractivity contribution in [2.24, 2.45) is 0 Å². The second kappa shape index (κ2) is 6.75. The van der Waals surface area contributed by atoms with Crippen LogP contribution in [0.2, 0.25) is 10.0 Å². The van der Waals surface area contributed by atoms with Crippen LogP contribution in [-0.4, -0.2) is 27.5 Å². The van der Waals surface area contributed by atoms with Crippen LogP contribution in [0.5, 0.6) is 0 Å². The van der Waals surface area contributed by atoms with E-state index in [1.165, 1.54) is 6.26 Å². The maximum Gasteiger partial charge on any atom is 0.147 e. The summed E-state index contributed by atoms with van der Waals surface area (Å²) in [6.45, 7) is 0. The first-order valence-corrected chi connectivity index (χ1v) is 8.45. The minimum Gasteiger partial charge on any atom is -0.313 e. The van der Waals surface area contributed by atoms with Crippen LogP contribution in [-0.2, 0) is 9.84 Å². The molecule has 0 bridgehead atoms. The van der Waals surface area contributed by atoms with Crippen LogP contribution in [0.15, 0.2) is 18.2 Å². The highest BCUT2D eigenvalue weighted by Gasteiger charge is 2.14. The largest absolute Gasteiger partial charge is 0.313 e. The maximum atomic E-state index is 11.1. The molecule has 18 heavy (non-hydrogen) atoms. The van der Waals surface area contributed by atoms with E-state index in [0.29, 0.717) is 22.9 Å². The van der Waals surface area contributed by atoms with Crippen molar-refractivity contribution in [1.82, 2.24) is 5.32 Å². The van der Waals surface area contributed by atoms with Gasteiger partial charge in [0.15, 0.2) is 0 Å². The van der Waals surface area contributed by atoms with E-state index in [2.05, 4.69) is 5.32 Å². The van der Waals surface area contributed by atoms with Crippen molar-refractivity contribution in [3.05, 3.63) is 33.8 Å². The molecule has 1 rings (SSSR count). The topological polar surface area (TPSA) is 46.2 Å². The van der Waals surface area contributed by atoms with Gasteiger partial charge in [0, 0.05) is 28.1 Å². The molecule has 0 amide bonds. The van der Waals surface area contributed by atoms with Gasteiger partial charge in [-0.2, -0.15) is 0 Å². The highest BCUT2D eigenvalue weighted by Crippen LogP contribution is 2.28. The van der Waals surface area contributed by atoms with Gasteiger partial charge < -0.3 is 5.32 Å². The summed E-state index contributed by atoms with van der Waals surface area (Å²) in [6, 6.07) is 5.38. The van der Waals surface area contributed by atoms with Crippen molar-refractivity contribution >= 4 is 33.0 Å². The Labute approximate surface area is 118 Å². The summed E-state index contributed by atoms with van der Waals surface area (Å²) >= 11 is 12.0. The molecule has 0 fully saturated rings. The lowest BCUT2D eigenvalue weighted by Gasteiger charge is -2.18. The van der Waals surface area contributed by atoms with Gasteiger partial charge in [0.1, 0.15) is 9.84 Å². The Kier molecular flexibility index (Phi) is 5.92. The van der Waals surface area contributed by atoms with E-state index in [0.717, 1.165) is 5.56 Å². The SMILES string of the molecule is CNC(CCCS(C)(=O)=O)c1ccc(Cl)cc1Cl. The first-order valence-electron chi connectivity index (χ1n) is 5.63. The van der Waals surface area contributed by atoms with Gasteiger partial charge in [-0.05, 0) is 37.6 Å². The fraction of sp³-hybridized carbons (Fsp3) is 0.500. The zero-order valence-electron chi connectivity index (χ0n) is 10.4. The molecule has 6 heteroatoms. The third-order valence-corrected chi connectivity index (χ3v) is 4.29. The van der Waals surface area contributed by atoms with Gasteiger partial charge in [-0.3, -0.25) is 0 Å². The molecule has 1 unspecified atom stereocenters. The van der Waals surface area contributed by atoms with Gasteiger partial charge >= 0.3 is 0 Å². The average Bonchev–Trinajstić information content (AvgIpc) is 2.24. The Bertz CT molecular complexity index is 503. The van der Waals surface area contributed by atoms with E-state index in [1.807, 2.05) is 13.1 Å². The molecule has 0 radical (unpaired) electrons. The predicted octanol–water partition coefficient (Wildman–Crippen LogP) is 3.08. The Morgan fingerprint density at radius 3 is 2.50 bits per heavy atom. The molecule has 1 aromatic carbocycles. The Hall–Kier alpha value is -0.290. The Balaban J connectivity index is 2.71. The molecule has 0 aromatic heterocycles. The van der Waals surface area contributed by atoms with Crippen LogP contribution in [0.4, 0.5) is 0 Å². The van der Waals surface area contributed by atoms with Gasteiger partial charge in [-0.25, -0.2) is 8.42 Å².